The van der Waals surface area contributed by atoms with Crippen LogP contribution in [0.1, 0.15) is 69.8 Å². The second kappa shape index (κ2) is 9.58. The van der Waals surface area contributed by atoms with Crippen molar-refractivity contribution in [3.63, 3.8) is 0 Å². The Hall–Kier alpha value is -1.13. The molecule has 0 N–H and O–H groups in total. The largest absolute Gasteiger partial charge is 0.472 e. The molecule has 2 aliphatic carbocycles. The second-order valence-electron chi connectivity index (χ2n) is 9.66. The Morgan fingerprint density at radius 2 is 1.71 bits per heavy atom. The van der Waals surface area contributed by atoms with Crippen LogP contribution in [0.3, 0.4) is 0 Å². The Balaban J connectivity index is 1.14. The molecule has 28 heavy (non-hydrogen) atoms. The molecule has 2 saturated carbocycles. The first-order chi connectivity index (χ1) is 13.7. The molecule has 3 aliphatic rings. The zero-order valence-electron chi connectivity index (χ0n) is 17.4. The van der Waals surface area contributed by atoms with Gasteiger partial charge in [-0.1, -0.05) is 0 Å². The Morgan fingerprint density at radius 3 is 2.39 bits per heavy atom. The highest BCUT2D eigenvalue weighted by atomic mass is 16.5. The van der Waals surface area contributed by atoms with E-state index in [0.717, 1.165) is 37.7 Å². The van der Waals surface area contributed by atoms with E-state index < -0.39 is 0 Å². The quantitative estimate of drug-likeness (QED) is 0.638. The first kappa shape index (κ1) is 20.2. The van der Waals surface area contributed by atoms with Crippen molar-refractivity contribution in [2.24, 2.45) is 17.3 Å². The van der Waals surface area contributed by atoms with Crippen molar-refractivity contribution in [1.29, 1.82) is 0 Å². The number of ether oxygens (including phenoxy) is 1. The predicted molar refractivity (Wildman–Crippen MR) is 112 cm³/mol. The highest BCUT2D eigenvalue weighted by molar-refractivity contribution is 5.08. The summed E-state index contributed by atoms with van der Waals surface area (Å²) in [5.74, 6) is 1.43. The fraction of sp³-hybridized carbons (Fsp3) is 0.792. The van der Waals surface area contributed by atoms with Crippen molar-refractivity contribution < 1.29 is 9.15 Å². The van der Waals surface area contributed by atoms with E-state index in [9.17, 15) is 4.79 Å². The van der Waals surface area contributed by atoms with E-state index in [0.29, 0.717) is 11.3 Å². The van der Waals surface area contributed by atoms with Crippen LogP contribution in [0, 0.1) is 17.3 Å². The van der Waals surface area contributed by atoms with Crippen LogP contribution in [0.25, 0.3) is 0 Å². The summed E-state index contributed by atoms with van der Waals surface area (Å²) in [7, 11) is 0. The summed E-state index contributed by atoms with van der Waals surface area (Å²) >= 11 is 0. The Kier molecular flexibility index (Phi) is 6.90. The van der Waals surface area contributed by atoms with Gasteiger partial charge in [0.15, 0.2) is 5.43 Å². The van der Waals surface area contributed by atoms with Gasteiger partial charge in [-0.05, 0) is 101 Å². The molecule has 1 spiro atoms. The van der Waals surface area contributed by atoms with Crippen LogP contribution in [0.2, 0.25) is 0 Å². The van der Waals surface area contributed by atoms with Crippen LogP contribution in [0.5, 0.6) is 0 Å². The summed E-state index contributed by atoms with van der Waals surface area (Å²) in [6.45, 7) is 5.54. The van der Waals surface area contributed by atoms with Crippen LogP contribution in [0.15, 0.2) is 27.8 Å². The number of hydrogen-bond donors (Lipinski definition) is 0. The monoisotopic (exact) mass is 387 g/mol. The average molecular weight is 388 g/mol. The van der Waals surface area contributed by atoms with Gasteiger partial charge in [-0.2, -0.15) is 0 Å². The second-order valence-corrected chi connectivity index (χ2v) is 9.66. The molecule has 0 bridgehead atoms. The van der Waals surface area contributed by atoms with Crippen molar-refractivity contribution >= 4 is 0 Å². The Morgan fingerprint density at radius 1 is 1.04 bits per heavy atom. The minimum Gasteiger partial charge on any atom is -0.472 e. The predicted octanol–water partition coefficient (Wildman–Crippen LogP) is 4.66. The molecule has 0 radical (unpaired) electrons. The summed E-state index contributed by atoms with van der Waals surface area (Å²) in [4.78, 5) is 14.5. The zero-order valence-corrected chi connectivity index (χ0v) is 17.4. The molecule has 0 amide bonds. The normalized spacial score (nSPS) is 31.4. The molecule has 1 saturated heterocycles. The summed E-state index contributed by atoms with van der Waals surface area (Å²) in [6.07, 6.45) is 17.4. The van der Waals surface area contributed by atoms with Crippen molar-refractivity contribution in [1.82, 2.24) is 4.90 Å². The number of nitrogens with zero attached hydrogens (tertiary/aromatic N) is 1. The summed E-state index contributed by atoms with van der Waals surface area (Å²) in [5.41, 5.74) is 1.58. The maximum Gasteiger partial charge on any atom is 0.187 e. The van der Waals surface area contributed by atoms with Gasteiger partial charge in [0.1, 0.15) is 0 Å². The Bertz CT molecular complexity index is 646. The van der Waals surface area contributed by atoms with Crippen molar-refractivity contribution in [3.8, 4) is 0 Å². The Labute approximate surface area is 169 Å². The number of rotatable bonds is 7. The van der Waals surface area contributed by atoms with Gasteiger partial charge in [0.05, 0.1) is 19.1 Å². The first-order valence-corrected chi connectivity index (χ1v) is 11.6. The summed E-state index contributed by atoms with van der Waals surface area (Å²) < 4.78 is 11.2. The van der Waals surface area contributed by atoms with Crippen LogP contribution >= 0.6 is 0 Å². The molecule has 4 rings (SSSR count). The molecule has 1 aliphatic heterocycles. The van der Waals surface area contributed by atoms with Crippen LogP contribution in [-0.2, 0) is 11.2 Å². The molecule has 4 heteroatoms. The van der Waals surface area contributed by atoms with Crippen LogP contribution in [0.4, 0.5) is 0 Å². The zero-order chi connectivity index (χ0) is 19.2. The van der Waals surface area contributed by atoms with E-state index in [-0.39, 0.29) is 5.43 Å². The van der Waals surface area contributed by atoms with Gasteiger partial charge in [0.25, 0.3) is 0 Å². The third-order valence-corrected chi connectivity index (χ3v) is 7.77. The molecule has 2 heterocycles. The average Bonchev–Trinajstić information content (AvgIpc) is 3.24. The van der Waals surface area contributed by atoms with Gasteiger partial charge in [0.2, 0.25) is 0 Å². The molecule has 3 fully saturated rings. The molecular weight excluding hydrogens is 350 g/mol. The van der Waals surface area contributed by atoms with Crippen molar-refractivity contribution in [2.45, 2.75) is 70.6 Å². The fourth-order valence-electron chi connectivity index (χ4n) is 5.75. The van der Waals surface area contributed by atoms with E-state index in [4.69, 9.17) is 9.15 Å². The highest BCUT2D eigenvalue weighted by Crippen LogP contribution is 2.50. The van der Waals surface area contributed by atoms with E-state index >= 15 is 0 Å². The van der Waals surface area contributed by atoms with Gasteiger partial charge in [-0.25, -0.2) is 0 Å². The van der Waals surface area contributed by atoms with Gasteiger partial charge < -0.3 is 14.1 Å². The molecule has 0 atom stereocenters. The maximum atomic E-state index is 11.9. The lowest BCUT2D eigenvalue weighted by Gasteiger charge is -2.45. The van der Waals surface area contributed by atoms with E-state index in [2.05, 4.69) is 4.90 Å². The molecule has 0 aromatic carbocycles. The van der Waals surface area contributed by atoms with E-state index in [1.165, 1.54) is 83.6 Å². The summed E-state index contributed by atoms with van der Waals surface area (Å²) in [6, 6.07) is 1.55. The van der Waals surface area contributed by atoms with Gasteiger partial charge >= 0.3 is 0 Å². The maximum absolute atomic E-state index is 11.9. The van der Waals surface area contributed by atoms with Gasteiger partial charge in [0, 0.05) is 24.8 Å². The van der Waals surface area contributed by atoms with Crippen molar-refractivity contribution in [2.75, 3.05) is 32.8 Å². The lowest BCUT2D eigenvalue weighted by molar-refractivity contribution is 0.0281. The lowest BCUT2D eigenvalue weighted by atomic mass is 9.61. The SMILES string of the molecule is O=c1ccocc1CC1CCC2(CCC(COCCN3CCCC3)CC2)CC1. The minimum atomic E-state index is 0.136. The summed E-state index contributed by atoms with van der Waals surface area (Å²) in [5, 5.41) is 0. The van der Waals surface area contributed by atoms with E-state index in [1.54, 1.807) is 12.3 Å². The molecule has 1 aromatic heterocycles. The van der Waals surface area contributed by atoms with Crippen LogP contribution < -0.4 is 5.43 Å². The molecular formula is C24H37NO3. The third-order valence-electron chi connectivity index (χ3n) is 7.77. The van der Waals surface area contributed by atoms with Crippen molar-refractivity contribution in [3.05, 3.63) is 34.4 Å². The van der Waals surface area contributed by atoms with Gasteiger partial charge in [-0.15, -0.1) is 0 Å². The van der Waals surface area contributed by atoms with Gasteiger partial charge in [-0.3, -0.25) is 4.79 Å². The third kappa shape index (κ3) is 5.27. The van der Waals surface area contributed by atoms with E-state index in [1.807, 2.05) is 0 Å². The number of likely N-dealkylation sites (tertiary alicyclic amines) is 1. The molecule has 0 unspecified atom stereocenters. The first-order valence-electron chi connectivity index (χ1n) is 11.6. The molecule has 1 aromatic rings. The fourth-order valence-corrected chi connectivity index (χ4v) is 5.75. The highest BCUT2D eigenvalue weighted by Gasteiger charge is 2.38. The topological polar surface area (TPSA) is 42.7 Å². The van der Waals surface area contributed by atoms with Crippen LogP contribution in [-0.4, -0.2) is 37.7 Å². The smallest absolute Gasteiger partial charge is 0.187 e. The number of hydrogen-bond acceptors (Lipinski definition) is 4. The lowest BCUT2D eigenvalue weighted by Crippen LogP contribution is -2.34. The minimum absolute atomic E-state index is 0.136. The standard InChI is InChI=1S/C24H37NO3/c26-23-7-15-27-19-22(23)17-20-3-8-24(9-4-20)10-5-21(6-11-24)18-28-16-14-25-12-1-2-13-25/h7,15,19-21H,1-6,8-14,16-18H2. The molecule has 156 valence electrons. The molecule has 4 nitrogen and oxygen atoms in total.